The second kappa shape index (κ2) is 7.81. The number of fused-ring (bicyclic) bond motifs is 3. The summed E-state index contributed by atoms with van der Waals surface area (Å²) in [5.41, 5.74) is 2.39. The van der Waals surface area contributed by atoms with Crippen molar-refractivity contribution in [2.24, 2.45) is 4.99 Å². The van der Waals surface area contributed by atoms with Crippen LogP contribution in [-0.2, 0) is 15.1 Å². The van der Waals surface area contributed by atoms with Crippen molar-refractivity contribution < 1.29 is 9.53 Å². The van der Waals surface area contributed by atoms with Crippen molar-refractivity contribution >= 4 is 34.6 Å². The van der Waals surface area contributed by atoms with Crippen molar-refractivity contribution in [3.63, 3.8) is 0 Å². The fraction of sp³-hybridized carbons (Fsp3) is 0.417. The van der Waals surface area contributed by atoms with Crippen LogP contribution in [0.4, 0.5) is 0 Å². The summed E-state index contributed by atoms with van der Waals surface area (Å²) in [6.07, 6.45) is 0.0481. The van der Waals surface area contributed by atoms with Crippen molar-refractivity contribution in [2.45, 2.75) is 66.0 Å². The molecule has 1 aliphatic heterocycles. The molecular formula is C24H27ClN4O2S. The molecule has 1 atom stereocenters. The number of thiophene rings is 1. The number of carbonyl (C=O) groups excluding carboxylic acids is 1. The lowest BCUT2D eigenvalue weighted by molar-refractivity contribution is -0.156. The lowest BCUT2D eigenvalue weighted by Gasteiger charge is -2.26. The molecule has 1 aromatic carbocycles. The third-order valence-corrected chi connectivity index (χ3v) is 6.94. The van der Waals surface area contributed by atoms with Crippen LogP contribution in [0.1, 0.15) is 67.3 Å². The van der Waals surface area contributed by atoms with Gasteiger partial charge >= 0.3 is 5.97 Å². The third-order valence-electron chi connectivity index (χ3n) is 5.50. The van der Waals surface area contributed by atoms with Gasteiger partial charge in [0.15, 0.2) is 5.82 Å². The van der Waals surface area contributed by atoms with Gasteiger partial charge in [-0.3, -0.25) is 14.4 Å². The molecule has 3 heterocycles. The molecule has 0 spiro atoms. The summed E-state index contributed by atoms with van der Waals surface area (Å²) in [6, 6.07) is 7.64. The minimum Gasteiger partial charge on any atom is -0.460 e. The second-order valence-electron chi connectivity index (χ2n) is 9.37. The average molecular weight is 471 g/mol. The van der Waals surface area contributed by atoms with Crippen LogP contribution in [0.2, 0.25) is 5.02 Å². The maximum Gasteiger partial charge on any atom is 0.309 e. The first-order valence-electron chi connectivity index (χ1n) is 10.5. The zero-order valence-corrected chi connectivity index (χ0v) is 21.0. The summed E-state index contributed by atoms with van der Waals surface area (Å²) in [5.74, 6) is 1.06. The van der Waals surface area contributed by atoms with Crippen molar-refractivity contribution in [2.75, 3.05) is 0 Å². The van der Waals surface area contributed by atoms with Crippen LogP contribution in [-0.4, -0.2) is 32.0 Å². The molecule has 4 rings (SSSR count). The maximum absolute atomic E-state index is 12.9. The maximum atomic E-state index is 12.9. The number of benzene rings is 1. The zero-order chi connectivity index (χ0) is 23.4. The minimum absolute atomic E-state index is 0.0481. The van der Waals surface area contributed by atoms with E-state index in [0.717, 1.165) is 33.2 Å². The Kier molecular flexibility index (Phi) is 5.54. The number of nitrogens with zero attached hydrogens (tertiary/aromatic N) is 4. The lowest BCUT2D eigenvalue weighted by atomic mass is 9.95. The van der Waals surface area contributed by atoms with E-state index in [-0.39, 0.29) is 12.4 Å². The van der Waals surface area contributed by atoms with E-state index in [4.69, 9.17) is 21.3 Å². The molecule has 6 nitrogen and oxygen atoms in total. The van der Waals surface area contributed by atoms with Gasteiger partial charge in [-0.05, 0) is 66.2 Å². The van der Waals surface area contributed by atoms with E-state index in [1.54, 1.807) is 11.3 Å². The number of aryl methyl sites for hydroxylation is 2. The molecule has 0 unspecified atom stereocenters. The van der Waals surface area contributed by atoms with E-state index in [9.17, 15) is 4.79 Å². The zero-order valence-electron chi connectivity index (χ0n) is 19.4. The normalized spacial score (nSPS) is 17.9. The standard InChI is InChI=1S/C24H27ClN4O2S/c1-13-14(2)32-21-19(13)20(16-8-10-17(25)11-9-16)26-24(7,12-18(30)31-23(4,5)6)22-28-27-15(3)29(21)22/h8-11H,12H2,1-7H3/t24-/m0/s1. The van der Waals surface area contributed by atoms with Gasteiger partial charge < -0.3 is 4.74 Å². The van der Waals surface area contributed by atoms with Crippen LogP contribution in [0.15, 0.2) is 29.3 Å². The van der Waals surface area contributed by atoms with Gasteiger partial charge in [-0.15, -0.1) is 21.5 Å². The van der Waals surface area contributed by atoms with Gasteiger partial charge in [0.25, 0.3) is 0 Å². The Balaban J connectivity index is 1.98. The molecular weight excluding hydrogens is 444 g/mol. The Bertz CT molecular complexity index is 1230. The van der Waals surface area contributed by atoms with Gasteiger partial charge in [0.1, 0.15) is 22.0 Å². The number of aromatic nitrogens is 3. The highest BCUT2D eigenvalue weighted by molar-refractivity contribution is 7.15. The van der Waals surface area contributed by atoms with E-state index in [1.165, 1.54) is 4.88 Å². The van der Waals surface area contributed by atoms with E-state index >= 15 is 0 Å². The van der Waals surface area contributed by atoms with Crippen LogP contribution in [0, 0.1) is 20.8 Å². The minimum atomic E-state index is -0.961. The second-order valence-corrected chi connectivity index (χ2v) is 11.0. The molecule has 0 saturated heterocycles. The number of aliphatic imine (C=N–C) groups is 1. The smallest absolute Gasteiger partial charge is 0.309 e. The van der Waals surface area contributed by atoms with Gasteiger partial charge in [0.2, 0.25) is 0 Å². The fourth-order valence-corrected chi connectivity index (χ4v) is 5.28. The molecule has 0 N–H and O–H groups in total. The summed E-state index contributed by atoms with van der Waals surface area (Å²) in [6.45, 7) is 13.6. The van der Waals surface area contributed by atoms with Gasteiger partial charge in [-0.2, -0.15) is 0 Å². The first-order valence-corrected chi connectivity index (χ1v) is 11.7. The largest absolute Gasteiger partial charge is 0.460 e. The highest BCUT2D eigenvalue weighted by atomic mass is 35.5. The summed E-state index contributed by atoms with van der Waals surface area (Å²) < 4.78 is 7.68. The van der Waals surface area contributed by atoms with Crippen LogP contribution >= 0.6 is 22.9 Å². The van der Waals surface area contributed by atoms with Crippen LogP contribution in [0.3, 0.4) is 0 Å². The monoisotopic (exact) mass is 470 g/mol. The van der Waals surface area contributed by atoms with Crippen molar-refractivity contribution in [1.82, 2.24) is 14.8 Å². The highest BCUT2D eigenvalue weighted by Crippen LogP contribution is 2.42. The predicted molar refractivity (Wildman–Crippen MR) is 128 cm³/mol. The number of rotatable bonds is 3. The molecule has 1 aliphatic rings. The van der Waals surface area contributed by atoms with Crippen LogP contribution < -0.4 is 0 Å². The lowest BCUT2D eigenvalue weighted by Crippen LogP contribution is -2.32. The van der Waals surface area contributed by atoms with Crippen LogP contribution in [0.25, 0.3) is 5.00 Å². The van der Waals surface area contributed by atoms with E-state index in [0.29, 0.717) is 10.8 Å². The predicted octanol–water partition coefficient (Wildman–Crippen LogP) is 5.71. The van der Waals surface area contributed by atoms with Gasteiger partial charge in [0, 0.05) is 21.0 Å². The number of ether oxygens (including phenoxy) is 1. The third kappa shape index (κ3) is 3.99. The first kappa shape index (κ1) is 22.7. The molecule has 32 heavy (non-hydrogen) atoms. The molecule has 0 fully saturated rings. The van der Waals surface area contributed by atoms with E-state index in [1.807, 2.05) is 63.5 Å². The Morgan fingerprint density at radius 3 is 2.44 bits per heavy atom. The number of hydrogen-bond acceptors (Lipinski definition) is 6. The molecule has 0 aliphatic carbocycles. The van der Waals surface area contributed by atoms with Gasteiger partial charge in [-0.25, -0.2) is 0 Å². The summed E-state index contributed by atoms with van der Waals surface area (Å²) in [4.78, 5) is 19.3. The SMILES string of the molecule is Cc1sc2c(c1C)C(c1ccc(Cl)cc1)=N[C@@](C)(CC(=O)OC(C)(C)C)c1nnc(C)n1-2. The summed E-state index contributed by atoms with van der Waals surface area (Å²) in [5, 5.41) is 10.5. The average Bonchev–Trinajstić information content (AvgIpc) is 3.16. The Morgan fingerprint density at radius 1 is 1.16 bits per heavy atom. The topological polar surface area (TPSA) is 69.4 Å². The fourth-order valence-electron chi connectivity index (χ4n) is 3.95. The number of esters is 1. The van der Waals surface area contributed by atoms with Crippen molar-refractivity contribution in [3.05, 3.63) is 62.5 Å². The Hall–Kier alpha value is -2.51. The van der Waals surface area contributed by atoms with Crippen molar-refractivity contribution in [3.8, 4) is 5.00 Å². The number of carbonyl (C=O) groups is 1. The Morgan fingerprint density at radius 2 is 1.81 bits per heavy atom. The van der Waals surface area contributed by atoms with E-state index < -0.39 is 11.1 Å². The quantitative estimate of drug-likeness (QED) is 0.460. The highest BCUT2D eigenvalue weighted by Gasteiger charge is 2.41. The molecule has 168 valence electrons. The first-order chi connectivity index (χ1) is 14.9. The van der Waals surface area contributed by atoms with Gasteiger partial charge in [0.05, 0.1) is 12.1 Å². The number of halogens is 1. The van der Waals surface area contributed by atoms with Crippen LogP contribution in [0.5, 0.6) is 0 Å². The number of hydrogen-bond donors (Lipinski definition) is 0. The Labute approximate surface area is 197 Å². The molecule has 8 heteroatoms. The molecule has 0 bridgehead atoms. The molecule has 3 aromatic rings. The van der Waals surface area contributed by atoms with E-state index in [2.05, 4.69) is 24.0 Å². The van der Waals surface area contributed by atoms with Gasteiger partial charge in [-0.1, -0.05) is 23.7 Å². The molecule has 0 amide bonds. The molecule has 2 aromatic heterocycles. The summed E-state index contributed by atoms with van der Waals surface area (Å²) >= 11 is 7.84. The van der Waals surface area contributed by atoms with Crippen molar-refractivity contribution in [1.29, 1.82) is 0 Å². The summed E-state index contributed by atoms with van der Waals surface area (Å²) in [7, 11) is 0. The molecule has 0 saturated carbocycles. The molecule has 0 radical (unpaired) electrons.